The van der Waals surface area contributed by atoms with E-state index in [1.165, 1.54) is 11.3 Å². The number of aromatic nitrogens is 3. The molecule has 0 N–H and O–H groups in total. The molecule has 150 valence electrons. The molecule has 5 rings (SSSR count). The summed E-state index contributed by atoms with van der Waals surface area (Å²) in [4.78, 5) is 21.1. The molecule has 2 aromatic heterocycles. The van der Waals surface area contributed by atoms with E-state index in [2.05, 4.69) is 51.3 Å². The first-order valence-electron chi connectivity index (χ1n) is 9.98. The van der Waals surface area contributed by atoms with Gasteiger partial charge in [0.05, 0.1) is 0 Å². The largest absolute Gasteiger partial charge is 0.351 e. The summed E-state index contributed by atoms with van der Waals surface area (Å²) in [6.45, 7) is 4.13. The summed E-state index contributed by atoms with van der Waals surface area (Å²) >= 11 is 1.39. The first-order valence-corrected chi connectivity index (χ1v) is 10.9. The van der Waals surface area contributed by atoms with Crippen molar-refractivity contribution in [2.24, 2.45) is 0 Å². The van der Waals surface area contributed by atoms with Crippen LogP contribution >= 0.6 is 11.3 Å². The Bertz CT molecular complexity index is 1180. The number of benzene rings is 2. The second-order valence-corrected chi connectivity index (χ2v) is 8.31. The first kappa shape index (κ1) is 18.7. The molecule has 1 aliphatic heterocycles. The van der Waals surface area contributed by atoms with Gasteiger partial charge in [0, 0.05) is 53.6 Å². The maximum absolute atomic E-state index is 12.8. The molecule has 2 aromatic carbocycles. The zero-order valence-electron chi connectivity index (χ0n) is 16.6. The first-order chi connectivity index (χ1) is 14.7. The molecule has 6 nitrogen and oxygen atoms in total. The number of carbonyl (C=O) groups is 1. The summed E-state index contributed by atoms with van der Waals surface area (Å²) in [7, 11) is 0. The topological polar surface area (TPSA) is 62.2 Å². The summed E-state index contributed by atoms with van der Waals surface area (Å²) < 4.78 is 0. The molecule has 7 heteroatoms. The molecular formula is C23H21N5OS. The van der Waals surface area contributed by atoms with E-state index in [0.717, 1.165) is 27.8 Å². The molecular weight excluding hydrogens is 394 g/mol. The molecule has 1 amide bonds. The zero-order chi connectivity index (χ0) is 20.5. The van der Waals surface area contributed by atoms with Crippen molar-refractivity contribution in [3.8, 4) is 11.3 Å². The van der Waals surface area contributed by atoms with Crippen LogP contribution in [0.2, 0.25) is 0 Å². The van der Waals surface area contributed by atoms with E-state index in [-0.39, 0.29) is 11.9 Å². The van der Waals surface area contributed by atoms with Gasteiger partial charge in [-0.05, 0) is 6.92 Å². The van der Waals surface area contributed by atoms with Gasteiger partial charge in [0.2, 0.25) is 0 Å². The van der Waals surface area contributed by atoms with Gasteiger partial charge in [0.1, 0.15) is 5.69 Å². The summed E-state index contributed by atoms with van der Waals surface area (Å²) in [5.74, 6) is 0.881. The molecule has 0 spiro atoms. The minimum absolute atomic E-state index is 0.00696. The van der Waals surface area contributed by atoms with Gasteiger partial charge >= 0.3 is 0 Å². The van der Waals surface area contributed by atoms with Crippen LogP contribution < -0.4 is 4.90 Å². The Kier molecular flexibility index (Phi) is 4.88. The molecule has 1 saturated heterocycles. The maximum Gasteiger partial charge on any atom is 0.283 e. The fraction of sp³-hybridized carbons (Fsp3) is 0.217. The molecule has 30 heavy (non-hydrogen) atoms. The normalized spacial score (nSPS) is 16.8. The third-order valence-electron chi connectivity index (χ3n) is 5.52. The van der Waals surface area contributed by atoms with Crippen LogP contribution in [0.4, 0.5) is 5.82 Å². The number of carbonyl (C=O) groups excluding carboxylic acids is 1. The van der Waals surface area contributed by atoms with Crippen LogP contribution in [0.15, 0.2) is 66.2 Å². The van der Waals surface area contributed by atoms with Crippen LogP contribution in [0.1, 0.15) is 16.7 Å². The Labute approximate surface area is 178 Å². The lowest BCUT2D eigenvalue weighted by molar-refractivity contribution is 0.0673. The van der Waals surface area contributed by atoms with Gasteiger partial charge in [-0.3, -0.25) is 4.79 Å². The van der Waals surface area contributed by atoms with Gasteiger partial charge in [0.15, 0.2) is 10.8 Å². The maximum atomic E-state index is 12.8. The smallest absolute Gasteiger partial charge is 0.283 e. The summed E-state index contributed by atoms with van der Waals surface area (Å²) in [6.07, 6.45) is 1.68. The molecule has 0 aliphatic carbocycles. The average Bonchev–Trinajstić information content (AvgIpc) is 3.33. The van der Waals surface area contributed by atoms with E-state index in [1.54, 1.807) is 6.20 Å². The number of hydrogen-bond acceptors (Lipinski definition) is 6. The Hall–Kier alpha value is -3.32. The Morgan fingerprint density at radius 1 is 1.00 bits per heavy atom. The van der Waals surface area contributed by atoms with Crippen LogP contribution in [0.25, 0.3) is 22.0 Å². The van der Waals surface area contributed by atoms with Crippen molar-refractivity contribution in [2.75, 3.05) is 24.5 Å². The van der Waals surface area contributed by atoms with Crippen LogP contribution in [0, 0.1) is 0 Å². The molecule has 1 atom stereocenters. The lowest BCUT2D eigenvalue weighted by atomic mass is 10.0. The average molecular weight is 416 g/mol. The summed E-state index contributed by atoms with van der Waals surface area (Å²) in [5.41, 5.74) is 1.94. The lowest BCUT2D eigenvalue weighted by Gasteiger charge is -2.40. The van der Waals surface area contributed by atoms with Gasteiger partial charge in [-0.25, -0.2) is 4.98 Å². The van der Waals surface area contributed by atoms with Crippen molar-refractivity contribution in [3.05, 3.63) is 71.2 Å². The molecule has 0 saturated carbocycles. The lowest BCUT2D eigenvalue weighted by Crippen LogP contribution is -2.54. The predicted octanol–water partition coefficient (Wildman–Crippen LogP) is 4.10. The standard InChI is InChI=1S/C23H21N5OS/c1-16-15-27(12-13-28(16)23(29)22-24-11-14-30-22)21-19-10-6-5-9-18(19)20(25-26-21)17-7-3-2-4-8-17/h2-11,14,16H,12-13,15H2,1H3/t16-/m0/s1. The quantitative estimate of drug-likeness (QED) is 0.504. The van der Waals surface area contributed by atoms with E-state index in [9.17, 15) is 4.79 Å². The molecule has 0 bridgehead atoms. The molecule has 1 aliphatic rings. The molecule has 3 heterocycles. The van der Waals surface area contributed by atoms with Crippen molar-refractivity contribution in [1.82, 2.24) is 20.1 Å². The van der Waals surface area contributed by atoms with E-state index in [4.69, 9.17) is 0 Å². The van der Waals surface area contributed by atoms with E-state index < -0.39 is 0 Å². The van der Waals surface area contributed by atoms with Crippen LogP contribution in [0.5, 0.6) is 0 Å². The Morgan fingerprint density at radius 3 is 2.50 bits per heavy atom. The van der Waals surface area contributed by atoms with E-state index in [1.807, 2.05) is 40.6 Å². The fourth-order valence-corrected chi connectivity index (χ4v) is 4.63. The van der Waals surface area contributed by atoms with Crippen molar-refractivity contribution in [2.45, 2.75) is 13.0 Å². The predicted molar refractivity (Wildman–Crippen MR) is 120 cm³/mol. The van der Waals surface area contributed by atoms with Gasteiger partial charge in [-0.2, -0.15) is 0 Å². The van der Waals surface area contributed by atoms with Crippen molar-refractivity contribution in [1.29, 1.82) is 0 Å². The van der Waals surface area contributed by atoms with Crippen LogP contribution in [0.3, 0.4) is 0 Å². The second-order valence-electron chi connectivity index (χ2n) is 7.41. The van der Waals surface area contributed by atoms with E-state index >= 15 is 0 Å². The highest BCUT2D eigenvalue weighted by Crippen LogP contribution is 2.32. The number of hydrogen-bond donors (Lipinski definition) is 0. The minimum atomic E-state index is 0.00696. The zero-order valence-corrected chi connectivity index (χ0v) is 17.4. The number of thiazole rings is 1. The third-order valence-corrected chi connectivity index (χ3v) is 6.28. The number of nitrogens with zero attached hydrogens (tertiary/aromatic N) is 5. The SMILES string of the molecule is C[C@H]1CN(c2nnc(-c3ccccc3)c3ccccc23)CCN1C(=O)c1nccs1. The summed E-state index contributed by atoms with van der Waals surface area (Å²) in [6, 6.07) is 18.5. The van der Waals surface area contributed by atoms with Gasteiger partial charge in [0.25, 0.3) is 5.91 Å². The molecule has 1 fully saturated rings. The van der Waals surface area contributed by atoms with Crippen LogP contribution in [-0.4, -0.2) is 51.7 Å². The number of anilines is 1. The highest BCUT2D eigenvalue weighted by atomic mass is 32.1. The number of amides is 1. The number of piperazine rings is 1. The molecule has 0 radical (unpaired) electrons. The third kappa shape index (κ3) is 3.31. The second kappa shape index (κ2) is 7.84. The number of fused-ring (bicyclic) bond motifs is 1. The minimum Gasteiger partial charge on any atom is -0.351 e. The monoisotopic (exact) mass is 415 g/mol. The summed E-state index contributed by atoms with van der Waals surface area (Å²) in [5, 5.41) is 13.8. The Balaban J connectivity index is 1.46. The Morgan fingerprint density at radius 2 is 1.77 bits per heavy atom. The van der Waals surface area contributed by atoms with E-state index in [0.29, 0.717) is 24.6 Å². The van der Waals surface area contributed by atoms with Crippen molar-refractivity contribution >= 4 is 33.8 Å². The highest BCUT2D eigenvalue weighted by molar-refractivity contribution is 7.11. The molecule has 4 aromatic rings. The van der Waals surface area contributed by atoms with Crippen molar-refractivity contribution < 1.29 is 4.79 Å². The van der Waals surface area contributed by atoms with Gasteiger partial charge in [-0.1, -0.05) is 54.6 Å². The number of rotatable bonds is 3. The van der Waals surface area contributed by atoms with Crippen LogP contribution in [-0.2, 0) is 0 Å². The fourth-order valence-electron chi connectivity index (χ4n) is 4.04. The molecule has 0 unspecified atom stereocenters. The van der Waals surface area contributed by atoms with Gasteiger partial charge in [-0.15, -0.1) is 21.5 Å². The highest BCUT2D eigenvalue weighted by Gasteiger charge is 2.30. The van der Waals surface area contributed by atoms with Gasteiger partial charge < -0.3 is 9.80 Å². The van der Waals surface area contributed by atoms with Crippen molar-refractivity contribution in [3.63, 3.8) is 0 Å².